The van der Waals surface area contributed by atoms with Crippen LogP contribution in [0.15, 0.2) is 77.8 Å². The molecule has 0 saturated heterocycles. The predicted octanol–water partition coefficient (Wildman–Crippen LogP) is 6.77. The molecule has 3 aromatic carbocycles. The van der Waals surface area contributed by atoms with Gasteiger partial charge in [-0.2, -0.15) is 13.2 Å². The molecule has 1 saturated carbocycles. The second kappa shape index (κ2) is 16.3. The van der Waals surface area contributed by atoms with Crippen molar-refractivity contribution in [3.63, 3.8) is 0 Å². The van der Waals surface area contributed by atoms with E-state index in [0.717, 1.165) is 17.2 Å². The number of carbonyl (C=O) groups is 2. The van der Waals surface area contributed by atoms with Crippen LogP contribution >= 0.6 is 0 Å². The van der Waals surface area contributed by atoms with Gasteiger partial charge in [-0.1, -0.05) is 30.7 Å². The van der Waals surface area contributed by atoms with Gasteiger partial charge in [0.15, 0.2) is 21.3 Å². The van der Waals surface area contributed by atoms with E-state index in [1.807, 2.05) is 63.2 Å². The average Bonchev–Trinajstić information content (AvgIpc) is 3.03. The van der Waals surface area contributed by atoms with Crippen LogP contribution in [0.2, 0.25) is 0 Å². The second-order valence-electron chi connectivity index (χ2n) is 12.2. The molecule has 1 aromatic heterocycles. The first kappa shape index (κ1) is 38.7. The number of sulfone groups is 1. The highest BCUT2D eigenvalue weighted by atomic mass is 32.2. The van der Waals surface area contributed by atoms with Crippen molar-refractivity contribution >= 4 is 44.0 Å². The number of anilines is 2. The Kier molecular flexibility index (Phi) is 12.4. The summed E-state index contributed by atoms with van der Waals surface area (Å²) in [5.74, 6) is -1.44. The number of halogens is 3. The fourth-order valence-corrected chi connectivity index (χ4v) is 7.48. The van der Waals surface area contributed by atoms with Crippen LogP contribution < -0.4 is 20.5 Å². The Morgan fingerprint density at radius 1 is 1.06 bits per heavy atom. The van der Waals surface area contributed by atoms with Crippen LogP contribution in [-0.4, -0.2) is 66.5 Å². The van der Waals surface area contributed by atoms with Crippen molar-refractivity contribution in [2.45, 2.75) is 75.0 Å². The van der Waals surface area contributed by atoms with E-state index in [4.69, 9.17) is 25.1 Å². The molecule has 4 aromatic rings. The van der Waals surface area contributed by atoms with Crippen molar-refractivity contribution < 1.29 is 45.8 Å². The van der Waals surface area contributed by atoms with Gasteiger partial charge in [-0.15, -0.1) is 0 Å². The second-order valence-corrected chi connectivity index (χ2v) is 14.4. The fourth-order valence-electron chi connectivity index (χ4n) is 5.40. The molecule has 0 bridgehead atoms. The number of carboxylic acid groups (broad SMARTS) is 1. The van der Waals surface area contributed by atoms with Crippen molar-refractivity contribution in [3.8, 4) is 11.5 Å². The summed E-state index contributed by atoms with van der Waals surface area (Å²) in [5.41, 5.74) is 8.05. The first-order valence-electron chi connectivity index (χ1n) is 16.2. The number of carboxylic acids is 1. The van der Waals surface area contributed by atoms with Crippen LogP contribution in [0.5, 0.6) is 11.5 Å². The highest BCUT2D eigenvalue weighted by Crippen LogP contribution is 2.36. The summed E-state index contributed by atoms with van der Waals surface area (Å²) in [7, 11) is -1.78. The minimum atomic E-state index is -5.08. The summed E-state index contributed by atoms with van der Waals surface area (Å²) in [6.45, 7) is 6.34. The van der Waals surface area contributed by atoms with Crippen molar-refractivity contribution in [2.75, 3.05) is 24.7 Å². The van der Waals surface area contributed by atoms with Crippen LogP contribution in [0.3, 0.4) is 0 Å². The van der Waals surface area contributed by atoms with Gasteiger partial charge >= 0.3 is 12.1 Å². The summed E-state index contributed by atoms with van der Waals surface area (Å²) < 4.78 is 70.3. The molecule has 1 unspecified atom stereocenters. The monoisotopic (exact) mass is 730 g/mol. The van der Waals surface area contributed by atoms with E-state index in [-0.39, 0.29) is 23.8 Å². The Balaban J connectivity index is 0.000000755. The molecule has 1 heterocycles. The van der Waals surface area contributed by atoms with Gasteiger partial charge in [0.25, 0.3) is 0 Å². The first-order valence-corrected chi connectivity index (χ1v) is 17.8. The number of likely N-dealkylation sites (N-methyl/N-ethyl adjacent to an activating group) is 1. The van der Waals surface area contributed by atoms with Gasteiger partial charge in [-0.25, -0.2) is 18.2 Å². The number of hydrogen-bond acceptors (Lipinski definition) is 9. The van der Waals surface area contributed by atoms with E-state index < -0.39 is 28.0 Å². The van der Waals surface area contributed by atoms with Gasteiger partial charge in [0.1, 0.15) is 11.9 Å². The molecule has 1 aliphatic rings. The maximum atomic E-state index is 14.3. The third-order valence-electron chi connectivity index (χ3n) is 8.11. The number of rotatable bonds is 12. The van der Waals surface area contributed by atoms with E-state index in [9.17, 15) is 26.4 Å². The number of nitrogens with one attached hydrogen (secondary N) is 1. The molecule has 15 heteroatoms. The number of amides is 1. The predicted molar refractivity (Wildman–Crippen MR) is 187 cm³/mol. The number of carbonyl (C=O) groups excluding carboxylic acids is 1. The largest absolute Gasteiger partial charge is 0.490 e. The zero-order valence-corrected chi connectivity index (χ0v) is 29.4. The van der Waals surface area contributed by atoms with Crippen LogP contribution in [0, 0.1) is 0 Å². The third-order valence-corrected chi connectivity index (χ3v) is 10.5. The van der Waals surface area contributed by atoms with Gasteiger partial charge in [0, 0.05) is 30.9 Å². The van der Waals surface area contributed by atoms with E-state index in [1.54, 1.807) is 42.4 Å². The normalized spacial score (nSPS) is 13.8. The average molecular weight is 731 g/mol. The Morgan fingerprint density at radius 3 is 2.35 bits per heavy atom. The number of nitrogen functional groups attached to an aromatic ring is 1. The highest BCUT2D eigenvalue weighted by molar-refractivity contribution is 7.92. The molecule has 274 valence electrons. The summed E-state index contributed by atoms with van der Waals surface area (Å²) in [6.07, 6.45) is -1.24. The summed E-state index contributed by atoms with van der Waals surface area (Å²) in [5, 5.41) is 11.9. The number of nitrogens with zero attached hydrogens (tertiary/aromatic N) is 2. The molecule has 11 nitrogen and oxygen atoms in total. The molecule has 5 rings (SSSR count). The molecule has 0 spiro atoms. The first-order chi connectivity index (χ1) is 24.0. The maximum Gasteiger partial charge on any atom is 0.490 e. The Labute approximate surface area is 294 Å². The summed E-state index contributed by atoms with van der Waals surface area (Å²) >= 11 is 0. The fraction of sp³-hybridized carbons (Fsp3) is 0.361. The van der Waals surface area contributed by atoms with E-state index in [0.29, 0.717) is 58.5 Å². The number of aliphatic carboxylic acids is 1. The number of aromatic nitrogens is 1. The van der Waals surface area contributed by atoms with Gasteiger partial charge in [0.2, 0.25) is 5.91 Å². The molecule has 0 radical (unpaired) electrons. The minimum Gasteiger partial charge on any atom is -0.490 e. The number of hydrogen-bond donors (Lipinski definition) is 3. The molecule has 1 fully saturated rings. The van der Waals surface area contributed by atoms with Crippen molar-refractivity contribution in [1.82, 2.24) is 9.88 Å². The molecular formula is C36H41F3N4O7S. The van der Waals surface area contributed by atoms with E-state index >= 15 is 0 Å². The Bertz CT molecular complexity index is 1970. The lowest BCUT2D eigenvalue weighted by atomic mass is 10.00. The lowest BCUT2D eigenvalue weighted by Gasteiger charge is -2.29. The van der Waals surface area contributed by atoms with Crippen molar-refractivity contribution in [2.24, 2.45) is 0 Å². The third kappa shape index (κ3) is 9.60. The molecule has 1 amide bonds. The number of nitrogens with two attached hydrogens (primary N) is 1. The van der Waals surface area contributed by atoms with Crippen LogP contribution in [0.1, 0.15) is 57.2 Å². The molecule has 51 heavy (non-hydrogen) atoms. The molecule has 1 atom stereocenters. The summed E-state index contributed by atoms with van der Waals surface area (Å²) in [6, 6.07) is 19.2. The number of alkyl halides is 3. The van der Waals surface area contributed by atoms with E-state index in [2.05, 4.69) is 10.3 Å². The number of pyridine rings is 1. The van der Waals surface area contributed by atoms with Crippen molar-refractivity contribution in [3.05, 3.63) is 84.1 Å². The number of ether oxygens (including phenoxy) is 2. The smallest absolute Gasteiger partial charge is 0.490 e. The van der Waals surface area contributed by atoms with Crippen LogP contribution in [-0.2, 0) is 26.0 Å². The lowest BCUT2D eigenvalue weighted by molar-refractivity contribution is -0.192. The van der Waals surface area contributed by atoms with Gasteiger partial charge in [0.05, 0.1) is 22.9 Å². The molecule has 0 aliphatic heterocycles. The Morgan fingerprint density at radius 2 is 1.75 bits per heavy atom. The topological polar surface area (TPSA) is 161 Å². The summed E-state index contributed by atoms with van der Waals surface area (Å²) in [4.78, 5) is 29.2. The zero-order chi connectivity index (χ0) is 37.5. The highest BCUT2D eigenvalue weighted by Gasteiger charge is 2.38. The molecular weight excluding hydrogens is 689 g/mol. The number of fused-ring (bicyclic) bond motifs is 1. The molecule has 4 N–H and O–H groups in total. The van der Waals surface area contributed by atoms with E-state index in [1.165, 1.54) is 0 Å². The van der Waals surface area contributed by atoms with Gasteiger partial charge < -0.3 is 30.5 Å². The van der Waals surface area contributed by atoms with Crippen LogP contribution in [0.25, 0.3) is 10.8 Å². The minimum absolute atomic E-state index is 0.0578. The quantitative estimate of drug-likeness (QED) is 0.142. The SMILES string of the molecule is CCOc1cc(C(Nc2ccc3c(N)nccc3c2)C(=O)N(C)Cc2ccccc2S(=O)(=O)C2CCC2)ccc1OC(C)C.O=C(O)C(F)(F)F. The van der Waals surface area contributed by atoms with Crippen molar-refractivity contribution in [1.29, 1.82) is 0 Å². The molecule has 1 aliphatic carbocycles. The number of benzene rings is 3. The van der Waals surface area contributed by atoms with Gasteiger partial charge in [-0.05, 0) is 92.6 Å². The Hall–Kier alpha value is -5.05. The lowest BCUT2D eigenvalue weighted by Crippen LogP contribution is -2.36. The zero-order valence-electron chi connectivity index (χ0n) is 28.6. The maximum absolute atomic E-state index is 14.3. The van der Waals surface area contributed by atoms with Gasteiger partial charge in [-0.3, -0.25) is 4.79 Å². The standard InChI is InChI=1S/C34H40N4O5S.C2HF3O2/c1-5-42-30-20-24(13-16-29(30)43-22(2)3)32(37-26-14-15-28-23(19-26)17-18-36-33(28)35)34(39)38(4)21-25-9-6-7-12-31(25)44(40,41)27-10-8-11-27;3-2(4,5)1(6)7/h6-7,9,12-20,22,27,32,37H,5,8,10-11,21H2,1-4H3,(H2,35,36);(H,6,7). The van der Waals surface area contributed by atoms with Crippen LogP contribution in [0.4, 0.5) is 24.7 Å².